The molecule has 1 aliphatic heterocycles. The molecule has 138 valence electrons. The first-order valence-electron chi connectivity index (χ1n) is 8.14. The normalized spacial score (nSPS) is 14.2. The van der Waals surface area contributed by atoms with Gasteiger partial charge in [0.1, 0.15) is 0 Å². The van der Waals surface area contributed by atoms with Gasteiger partial charge in [0.2, 0.25) is 5.91 Å². The highest BCUT2D eigenvalue weighted by molar-refractivity contribution is 6.35. The summed E-state index contributed by atoms with van der Waals surface area (Å²) in [6.45, 7) is 3.01. The molecule has 0 unspecified atom stereocenters. The Hall–Kier alpha value is -1.66. The van der Waals surface area contributed by atoms with Crippen LogP contribution >= 0.6 is 34.8 Å². The van der Waals surface area contributed by atoms with E-state index in [1.165, 1.54) is 0 Å². The molecule has 1 heterocycles. The van der Waals surface area contributed by atoms with Crippen molar-refractivity contribution in [3.63, 3.8) is 0 Å². The second kappa shape index (κ2) is 8.82. The molecule has 1 fully saturated rings. The molecule has 1 saturated heterocycles. The van der Waals surface area contributed by atoms with Gasteiger partial charge < -0.3 is 20.3 Å². The summed E-state index contributed by atoms with van der Waals surface area (Å²) < 4.78 is 5.39. The third-order valence-electron chi connectivity index (χ3n) is 3.95. The van der Waals surface area contributed by atoms with Crippen LogP contribution in [0.15, 0.2) is 36.4 Å². The molecular weight excluding hydrogens is 397 g/mol. The summed E-state index contributed by atoms with van der Waals surface area (Å²) in [6, 6.07) is 10.5. The van der Waals surface area contributed by atoms with E-state index in [9.17, 15) is 4.79 Å². The second-order valence-corrected chi connectivity index (χ2v) is 7.07. The number of hydrogen-bond acceptors (Lipinski definition) is 4. The largest absolute Gasteiger partial charge is 0.378 e. The molecule has 0 aromatic heterocycles. The Bertz CT molecular complexity index is 795. The van der Waals surface area contributed by atoms with Gasteiger partial charge in [0.15, 0.2) is 0 Å². The van der Waals surface area contributed by atoms with Gasteiger partial charge in [0.25, 0.3) is 0 Å². The standard InChI is InChI=1S/C18H18Cl3N3O2/c19-12-1-3-14(21)15(9-12)23-18(25)11-22-16-10-13(20)2-4-17(16)24-5-7-26-8-6-24/h1-4,9-10,22H,5-8,11H2,(H,23,25). The Morgan fingerprint density at radius 3 is 2.38 bits per heavy atom. The van der Waals surface area contributed by atoms with Crippen LogP contribution in [0.2, 0.25) is 15.1 Å². The zero-order chi connectivity index (χ0) is 18.5. The Balaban J connectivity index is 1.67. The van der Waals surface area contributed by atoms with Crippen LogP contribution in [-0.2, 0) is 9.53 Å². The molecule has 2 N–H and O–H groups in total. The van der Waals surface area contributed by atoms with Gasteiger partial charge in [-0.15, -0.1) is 0 Å². The zero-order valence-corrected chi connectivity index (χ0v) is 16.2. The number of rotatable bonds is 5. The topological polar surface area (TPSA) is 53.6 Å². The lowest BCUT2D eigenvalue weighted by Gasteiger charge is -2.30. The van der Waals surface area contributed by atoms with Crippen LogP contribution in [0.4, 0.5) is 17.1 Å². The van der Waals surface area contributed by atoms with Crippen molar-refractivity contribution in [2.45, 2.75) is 0 Å². The lowest BCUT2D eigenvalue weighted by molar-refractivity contribution is -0.114. The van der Waals surface area contributed by atoms with Crippen molar-refractivity contribution in [2.75, 3.05) is 48.4 Å². The minimum absolute atomic E-state index is 0.0700. The fourth-order valence-electron chi connectivity index (χ4n) is 2.69. The van der Waals surface area contributed by atoms with Gasteiger partial charge in [-0.1, -0.05) is 34.8 Å². The van der Waals surface area contributed by atoms with Gasteiger partial charge in [0, 0.05) is 23.1 Å². The van der Waals surface area contributed by atoms with Crippen molar-refractivity contribution in [2.24, 2.45) is 0 Å². The second-order valence-electron chi connectivity index (χ2n) is 5.79. The zero-order valence-electron chi connectivity index (χ0n) is 13.9. The fraction of sp³-hybridized carbons (Fsp3) is 0.278. The number of nitrogens with zero attached hydrogens (tertiary/aromatic N) is 1. The van der Waals surface area contributed by atoms with Crippen molar-refractivity contribution in [1.82, 2.24) is 0 Å². The summed E-state index contributed by atoms with van der Waals surface area (Å²) >= 11 is 18.1. The lowest BCUT2D eigenvalue weighted by atomic mass is 10.2. The van der Waals surface area contributed by atoms with E-state index in [1.807, 2.05) is 18.2 Å². The molecule has 1 amide bonds. The summed E-state index contributed by atoms with van der Waals surface area (Å²) in [5, 5.41) is 7.43. The fourth-order valence-corrected chi connectivity index (χ4v) is 3.20. The third kappa shape index (κ3) is 4.95. The van der Waals surface area contributed by atoms with Crippen LogP contribution in [0.25, 0.3) is 0 Å². The van der Waals surface area contributed by atoms with Crippen LogP contribution in [-0.4, -0.2) is 38.8 Å². The summed E-state index contributed by atoms with van der Waals surface area (Å²) in [7, 11) is 0. The Labute approximate surface area is 167 Å². The number of morpholine rings is 1. The molecule has 5 nitrogen and oxygen atoms in total. The monoisotopic (exact) mass is 413 g/mol. The molecule has 26 heavy (non-hydrogen) atoms. The van der Waals surface area contributed by atoms with Crippen molar-refractivity contribution in [1.29, 1.82) is 0 Å². The molecule has 0 spiro atoms. The van der Waals surface area contributed by atoms with Crippen molar-refractivity contribution < 1.29 is 9.53 Å². The highest BCUT2D eigenvalue weighted by Crippen LogP contribution is 2.30. The van der Waals surface area contributed by atoms with Crippen molar-refractivity contribution in [3.8, 4) is 0 Å². The molecule has 0 radical (unpaired) electrons. The van der Waals surface area contributed by atoms with Gasteiger partial charge in [-0.05, 0) is 36.4 Å². The van der Waals surface area contributed by atoms with E-state index < -0.39 is 0 Å². The molecular formula is C18H18Cl3N3O2. The number of benzene rings is 2. The number of carbonyl (C=O) groups excluding carboxylic acids is 1. The minimum atomic E-state index is -0.234. The number of anilines is 3. The summed E-state index contributed by atoms with van der Waals surface area (Å²) in [5.74, 6) is -0.234. The number of hydrogen-bond donors (Lipinski definition) is 2. The quantitative estimate of drug-likeness (QED) is 0.754. The van der Waals surface area contributed by atoms with Crippen LogP contribution in [0.5, 0.6) is 0 Å². The Kier molecular flexibility index (Phi) is 6.48. The molecule has 0 bridgehead atoms. The smallest absolute Gasteiger partial charge is 0.243 e. The molecule has 1 aliphatic rings. The van der Waals surface area contributed by atoms with E-state index in [0.29, 0.717) is 34.0 Å². The maximum atomic E-state index is 12.3. The molecule has 2 aromatic rings. The first kappa shape index (κ1) is 19.1. The van der Waals surface area contributed by atoms with Crippen LogP contribution in [0.3, 0.4) is 0 Å². The number of ether oxygens (including phenoxy) is 1. The molecule has 8 heteroatoms. The van der Waals surface area contributed by atoms with Crippen molar-refractivity contribution >= 4 is 57.8 Å². The highest BCUT2D eigenvalue weighted by atomic mass is 35.5. The Morgan fingerprint density at radius 2 is 1.65 bits per heavy atom. The van der Waals surface area contributed by atoms with Crippen LogP contribution in [0, 0.1) is 0 Å². The van der Waals surface area contributed by atoms with E-state index in [4.69, 9.17) is 39.5 Å². The van der Waals surface area contributed by atoms with E-state index in [2.05, 4.69) is 15.5 Å². The van der Waals surface area contributed by atoms with Gasteiger partial charge in [-0.3, -0.25) is 4.79 Å². The third-order valence-corrected chi connectivity index (χ3v) is 4.75. The van der Waals surface area contributed by atoms with Crippen LogP contribution in [0.1, 0.15) is 0 Å². The molecule has 2 aromatic carbocycles. The minimum Gasteiger partial charge on any atom is -0.378 e. The molecule has 3 rings (SSSR count). The summed E-state index contributed by atoms with van der Waals surface area (Å²) in [4.78, 5) is 14.5. The van der Waals surface area contributed by atoms with E-state index in [1.54, 1.807) is 18.2 Å². The van der Waals surface area contributed by atoms with E-state index in [-0.39, 0.29) is 12.5 Å². The lowest BCUT2D eigenvalue weighted by Crippen LogP contribution is -2.36. The molecule has 0 aliphatic carbocycles. The predicted molar refractivity (Wildman–Crippen MR) is 108 cm³/mol. The maximum Gasteiger partial charge on any atom is 0.243 e. The summed E-state index contributed by atoms with van der Waals surface area (Å²) in [6.07, 6.45) is 0. The Morgan fingerprint density at radius 1 is 1.00 bits per heavy atom. The van der Waals surface area contributed by atoms with Gasteiger partial charge in [0.05, 0.1) is 41.8 Å². The summed E-state index contributed by atoms with van der Waals surface area (Å²) in [5.41, 5.74) is 2.27. The highest BCUT2D eigenvalue weighted by Gasteiger charge is 2.16. The predicted octanol–water partition coefficient (Wildman–Crippen LogP) is 4.53. The van der Waals surface area contributed by atoms with Gasteiger partial charge in [-0.25, -0.2) is 0 Å². The maximum absolute atomic E-state index is 12.3. The SMILES string of the molecule is O=C(CNc1cc(Cl)ccc1N1CCOCC1)Nc1cc(Cl)ccc1Cl. The number of amides is 1. The van der Waals surface area contributed by atoms with Crippen LogP contribution < -0.4 is 15.5 Å². The first-order valence-corrected chi connectivity index (χ1v) is 9.27. The molecule has 0 atom stereocenters. The van der Waals surface area contributed by atoms with Gasteiger partial charge in [-0.2, -0.15) is 0 Å². The van der Waals surface area contributed by atoms with Crippen molar-refractivity contribution in [3.05, 3.63) is 51.5 Å². The number of carbonyl (C=O) groups is 1. The van der Waals surface area contributed by atoms with E-state index in [0.717, 1.165) is 24.5 Å². The number of halogens is 3. The van der Waals surface area contributed by atoms with Gasteiger partial charge >= 0.3 is 0 Å². The average molecular weight is 415 g/mol. The number of nitrogens with one attached hydrogen (secondary N) is 2. The average Bonchev–Trinajstić information content (AvgIpc) is 2.64. The van der Waals surface area contributed by atoms with E-state index >= 15 is 0 Å². The first-order chi connectivity index (χ1) is 12.5. The molecule has 0 saturated carbocycles.